The molecule has 21 heavy (non-hydrogen) atoms. The molecule has 2 rings (SSSR count). The summed E-state index contributed by atoms with van der Waals surface area (Å²) >= 11 is 11.4. The number of ether oxygens (including phenoxy) is 1. The second-order valence-electron chi connectivity index (χ2n) is 4.29. The fourth-order valence-electron chi connectivity index (χ4n) is 1.63. The van der Waals surface area contributed by atoms with Crippen LogP contribution in [-0.4, -0.2) is 22.8 Å². The lowest BCUT2D eigenvalue weighted by atomic mass is 10.1. The van der Waals surface area contributed by atoms with Crippen molar-refractivity contribution in [3.63, 3.8) is 0 Å². The minimum Gasteiger partial charge on any atom is -0.451 e. The molecule has 0 aliphatic carbocycles. The summed E-state index contributed by atoms with van der Waals surface area (Å²) in [7, 11) is 0. The fourth-order valence-corrected chi connectivity index (χ4v) is 1.87. The van der Waals surface area contributed by atoms with Gasteiger partial charge in [-0.3, -0.25) is 4.79 Å². The van der Waals surface area contributed by atoms with E-state index in [4.69, 9.17) is 27.9 Å². The lowest BCUT2D eigenvalue weighted by molar-refractivity contribution is 0.0318. The van der Waals surface area contributed by atoms with Crippen molar-refractivity contribution in [3.05, 3.63) is 63.9 Å². The fraction of sp³-hybridized carbons (Fsp3) is 0.133. The molecule has 0 fully saturated rings. The number of benzene rings is 1. The van der Waals surface area contributed by atoms with Gasteiger partial charge < -0.3 is 4.74 Å². The maximum Gasteiger partial charge on any atom is 0.340 e. The minimum atomic E-state index is -0.908. The summed E-state index contributed by atoms with van der Waals surface area (Å²) in [5.74, 6) is -0.934. The predicted octanol–water partition coefficient (Wildman–Crippen LogP) is 3.82. The van der Waals surface area contributed by atoms with Gasteiger partial charge in [0.15, 0.2) is 6.10 Å². The zero-order chi connectivity index (χ0) is 15.4. The zero-order valence-electron chi connectivity index (χ0n) is 11.0. The molecule has 2 aromatic rings. The van der Waals surface area contributed by atoms with Gasteiger partial charge in [-0.1, -0.05) is 23.2 Å². The molecule has 1 heterocycles. The van der Waals surface area contributed by atoms with Crippen molar-refractivity contribution in [1.82, 2.24) is 4.98 Å². The van der Waals surface area contributed by atoms with Crippen LogP contribution in [0.25, 0.3) is 0 Å². The van der Waals surface area contributed by atoms with Crippen LogP contribution in [-0.2, 0) is 4.74 Å². The Morgan fingerprint density at radius 3 is 2.24 bits per heavy atom. The van der Waals surface area contributed by atoms with Crippen molar-refractivity contribution in [3.8, 4) is 0 Å². The topological polar surface area (TPSA) is 56.3 Å². The second-order valence-corrected chi connectivity index (χ2v) is 5.11. The van der Waals surface area contributed by atoms with E-state index in [-0.39, 0.29) is 16.5 Å². The number of carbonyl (C=O) groups is 2. The van der Waals surface area contributed by atoms with Crippen LogP contribution < -0.4 is 0 Å². The smallest absolute Gasteiger partial charge is 0.340 e. The summed E-state index contributed by atoms with van der Waals surface area (Å²) in [5, 5.41) is 0.806. The lowest BCUT2D eigenvalue weighted by Crippen LogP contribution is -2.24. The number of ketones is 1. The van der Waals surface area contributed by atoms with Crippen LogP contribution in [0.2, 0.25) is 10.2 Å². The van der Waals surface area contributed by atoms with Gasteiger partial charge in [-0.15, -0.1) is 0 Å². The first kappa shape index (κ1) is 15.5. The molecule has 0 spiro atoms. The molecule has 1 aromatic heterocycles. The number of rotatable bonds is 4. The van der Waals surface area contributed by atoms with E-state index in [1.807, 2.05) is 0 Å². The Kier molecular flexibility index (Phi) is 4.94. The third-order valence-electron chi connectivity index (χ3n) is 2.74. The Bertz CT molecular complexity index is 654. The van der Waals surface area contributed by atoms with Crippen LogP contribution in [0.15, 0.2) is 42.6 Å². The molecular weight excluding hydrogens is 313 g/mol. The maximum atomic E-state index is 12.1. The van der Waals surface area contributed by atoms with Gasteiger partial charge in [0.2, 0.25) is 5.78 Å². The lowest BCUT2D eigenvalue weighted by Gasteiger charge is -2.12. The molecule has 0 aliphatic rings. The summed E-state index contributed by atoms with van der Waals surface area (Å²) in [5.41, 5.74) is 0.657. The average molecular weight is 324 g/mol. The number of carbonyl (C=O) groups excluding carboxylic acids is 2. The Hall–Kier alpha value is -1.91. The Morgan fingerprint density at radius 2 is 1.67 bits per heavy atom. The van der Waals surface area contributed by atoms with Gasteiger partial charge in [0.25, 0.3) is 0 Å². The second kappa shape index (κ2) is 6.70. The molecule has 0 unspecified atom stereocenters. The number of hydrogen-bond donors (Lipinski definition) is 0. The van der Waals surface area contributed by atoms with E-state index in [9.17, 15) is 9.59 Å². The Balaban J connectivity index is 2.05. The SMILES string of the molecule is C[C@H](OC(=O)c1ccc(Cl)nc1)C(=O)c1ccc(Cl)cc1. The predicted molar refractivity (Wildman–Crippen MR) is 79.9 cm³/mol. The first-order chi connectivity index (χ1) is 9.97. The molecule has 1 atom stereocenters. The largest absolute Gasteiger partial charge is 0.451 e. The maximum absolute atomic E-state index is 12.1. The van der Waals surface area contributed by atoms with Crippen LogP contribution in [0, 0.1) is 0 Å². The monoisotopic (exact) mass is 323 g/mol. The molecule has 4 nitrogen and oxygen atoms in total. The van der Waals surface area contributed by atoms with Gasteiger partial charge in [-0.05, 0) is 43.3 Å². The molecule has 0 bridgehead atoms. The highest BCUT2D eigenvalue weighted by Crippen LogP contribution is 2.14. The summed E-state index contributed by atoms with van der Waals surface area (Å²) in [4.78, 5) is 27.8. The molecule has 0 aliphatic heterocycles. The average Bonchev–Trinajstić information content (AvgIpc) is 2.47. The molecule has 0 radical (unpaired) electrons. The van der Waals surface area contributed by atoms with E-state index >= 15 is 0 Å². The van der Waals surface area contributed by atoms with Gasteiger partial charge in [0.05, 0.1) is 5.56 Å². The van der Waals surface area contributed by atoms with Crippen LogP contribution >= 0.6 is 23.2 Å². The first-order valence-corrected chi connectivity index (χ1v) is 6.85. The van der Waals surface area contributed by atoms with Crippen molar-refractivity contribution >= 4 is 35.0 Å². The molecule has 1 aromatic carbocycles. The van der Waals surface area contributed by atoms with Crippen molar-refractivity contribution in [1.29, 1.82) is 0 Å². The standard InChI is InChI=1S/C15H11Cl2NO3/c1-9(14(19)10-2-5-12(16)6-3-10)21-15(20)11-4-7-13(17)18-8-11/h2-9H,1H3/t9-/m0/s1. The third-order valence-corrected chi connectivity index (χ3v) is 3.22. The van der Waals surface area contributed by atoms with Gasteiger partial charge in [-0.2, -0.15) is 0 Å². The molecule has 0 amide bonds. The number of pyridine rings is 1. The van der Waals surface area contributed by atoms with Crippen molar-refractivity contribution in [2.75, 3.05) is 0 Å². The van der Waals surface area contributed by atoms with E-state index in [0.717, 1.165) is 0 Å². The van der Waals surface area contributed by atoms with E-state index in [1.165, 1.54) is 25.3 Å². The first-order valence-electron chi connectivity index (χ1n) is 6.09. The van der Waals surface area contributed by atoms with Gasteiger partial charge in [0, 0.05) is 16.8 Å². The van der Waals surface area contributed by atoms with Crippen LogP contribution in [0.3, 0.4) is 0 Å². The summed E-state index contributed by atoms with van der Waals surface area (Å²) < 4.78 is 5.12. The van der Waals surface area contributed by atoms with Crippen molar-refractivity contribution in [2.24, 2.45) is 0 Å². The van der Waals surface area contributed by atoms with Crippen LogP contribution in [0.1, 0.15) is 27.6 Å². The molecule has 108 valence electrons. The summed E-state index contributed by atoms with van der Waals surface area (Å²) in [6.45, 7) is 1.51. The van der Waals surface area contributed by atoms with Crippen LogP contribution in [0.5, 0.6) is 0 Å². The van der Waals surface area contributed by atoms with E-state index in [2.05, 4.69) is 4.98 Å². The van der Waals surface area contributed by atoms with E-state index < -0.39 is 12.1 Å². The van der Waals surface area contributed by atoms with Crippen molar-refractivity contribution in [2.45, 2.75) is 13.0 Å². The highest BCUT2D eigenvalue weighted by Gasteiger charge is 2.20. The number of nitrogens with zero attached hydrogens (tertiary/aromatic N) is 1. The molecule has 6 heteroatoms. The number of esters is 1. The molecular formula is C15H11Cl2NO3. The molecule has 0 saturated carbocycles. The zero-order valence-corrected chi connectivity index (χ0v) is 12.6. The normalized spacial score (nSPS) is 11.8. The number of halogens is 2. The number of aromatic nitrogens is 1. The van der Waals surface area contributed by atoms with E-state index in [0.29, 0.717) is 10.6 Å². The minimum absolute atomic E-state index is 0.232. The van der Waals surface area contributed by atoms with Crippen molar-refractivity contribution < 1.29 is 14.3 Å². The Morgan fingerprint density at radius 1 is 1.05 bits per heavy atom. The summed E-state index contributed by atoms with van der Waals surface area (Å²) in [6.07, 6.45) is 0.388. The van der Waals surface area contributed by atoms with Gasteiger partial charge in [0.1, 0.15) is 5.15 Å². The van der Waals surface area contributed by atoms with E-state index in [1.54, 1.807) is 24.3 Å². The molecule has 0 N–H and O–H groups in total. The number of Topliss-reactive ketones (excluding diaryl/α,β-unsaturated/α-hetero) is 1. The quantitative estimate of drug-likeness (QED) is 0.487. The molecule has 0 saturated heterocycles. The Labute approximate surface area is 131 Å². The number of hydrogen-bond acceptors (Lipinski definition) is 4. The third kappa shape index (κ3) is 4.03. The highest BCUT2D eigenvalue weighted by molar-refractivity contribution is 6.30. The highest BCUT2D eigenvalue weighted by atomic mass is 35.5. The van der Waals surface area contributed by atoms with Crippen LogP contribution in [0.4, 0.5) is 0 Å². The van der Waals surface area contributed by atoms with Gasteiger partial charge in [-0.25, -0.2) is 9.78 Å². The van der Waals surface area contributed by atoms with Gasteiger partial charge >= 0.3 is 5.97 Å². The summed E-state index contributed by atoms with van der Waals surface area (Å²) in [6, 6.07) is 9.33.